The Labute approximate surface area is 265 Å². The molecule has 45 heavy (non-hydrogen) atoms. The fraction of sp³-hybridized carbons (Fsp3) is 0.472. The first-order valence-electron chi connectivity index (χ1n) is 16.0. The van der Waals surface area contributed by atoms with E-state index in [1.54, 1.807) is 14.7 Å². The van der Waals surface area contributed by atoms with Crippen molar-refractivity contribution in [2.75, 3.05) is 36.1 Å². The van der Waals surface area contributed by atoms with E-state index in [1.807, 2.05) is 101 Å². The number of hydrogen-bond acceptors (Lipinski definition) is 6. The molecule has 3 amide bonds. The van der Waals surface area contributed by atoms with Crippen LogP contribution < -0.4 is 14.5 Å². The normalized spacial score (nSPS) is 28.2. The van der Waals surface area contributed by atoms with Gasteiger partial charge in [0.2, 0.25) is 11.8 Å². The zero-order chi connectivity index (χ0) is 32.0. The number of hydrogen-bond donors (Lipinski definition) is 1. The molecule has 9 nitrogen and oxygen atoms in total. The number of carbonyl (C=O) groups is 3. The number of amides is 3. The predicted molar refractivity (Wildman–Crippen MR) is 172 cm³/mol. The SMILES string of the molecule is CCOc1ccc(N2CC=C[C@H]3O[C@]45C=CCN(c6cc(C)ccc6C)C(=O)C4N([C@@H](CO)CC(C)C)C(=O)[C@@H]5[C@H]3C2=O)cc1. The Bertz CT molecular complexity index is 1530. The molecular formula is C36H43N3O6. The average Bonchev–Trinajstić information content (AvgIpc) is 3.33. The number of ether oxygens (including phenoxy) is 2. The van der Waals surface area contributed by atoms with Crippen molar-refractivity contribution in [1.29, 1.82) is 0 Å². The lowest BCUT2D eigenvalue weighted by Gasteiger charge is -2.39. The Morgan fingerprint density at radius 3 is 2.40 bits per heavy atom. The van der Waals surface area contributed by atoms with E-state index in [2.05, 4.69) is 0 Å². The molecule has 238 valence electrons. The second kappa shape index (κ2) is 12.1. The fourth-order valence-electron chi connectivity index (χ4n) is 7.64. The van der Waals surface area contributed by atoms with Gasteiger partial charge in [0.15, 0.2) is 0 Å². The van der Waals surface area contributed by atoms with E-state index in [9.17, 15) is 19.5 Å². The van der Waals surface area contributed by atoms with Crippen molar-refractivity contribution in [1.82, 2.24) is 4.90 Å². The van der Waals surface area contributed by atoms with E-state index in [0.717, 1.165) is 16.8 Å². The lowest BCUT2D eigenvalue weighted by molar-refractivity contribution is -0.144. The monoisotopic (exact) mass is 613 g/mol. The largest absolute Gasteiger partial charge is 0.494 e. The molecule has 2 aromatic rings. The van der Waals surface area contributed by atoms with Crippen LogP contribution in [0, 0.1) is 31.6 Å². The van der Waals surface area contributed by atoms with Gasteiger partial charge in [-0.2, -0.15) is 0 Å². The smallest absolute Gasteiger partial charge is 0.253 e. The molecule has 4 heterocycles. The van der Waals surface area contributed by atoms with Crippen LogP contribution in [0.25, 0.3) is 0 Å². The van der Waals surface area contributed by atoms with Crippen LogP contribution in [-0.4, -0.2) is 77.8 Å². The maximum absolute atomic E-state index is 14.8. The van der Waals surface area contributed by atoms with E-state index in [-0.39, 0.29) is 30.2 Å². The van der Waals surface area contributed by atoms with Gasteiger partial charge in [0.25, 0.3) is 5.91 Å². The molecule has 2 saturated heterocycles. The highest BCUT2D eigenvalue weighted by Gasteiger charge is 2.72. The highest BCUT2D eigenvalue weighted by Crippen LogP contribution is 2.54. The van der Waals surface area contributed by atoms with Gasteiger partial charge in [0.05, 0.1) is 37.2 Å². The van der Waals surface area contributed by atoms with Crippen molar-refractivity contribution in [3.8, 4) is 5.75 Å². The number of carbonyl (C=O) groups excluding carboxylic acids is 3. The summed E-state index contributed by atoms with van der Waals surface area (Å²) in [4.78, 5) is 49.0. The van der Waals surface area contributed by atoms with Crippen LogP contribution in [0.2, 0.25) is 0 Å². The fourth-order valence-corrected chi connectivity index (χ4v) is 7.64. The minimum Gasteiger partial charge on any atom is -0.494 e. The zero-order valence-electron chi connectivity index (χ0n) is 26.7. The van der Waals surface area contributed by atoms with Crippen molar-refractivity contribution < 1.29 is 29.0 Å². The van der Waals surface area contributed by atoms with Crippen LogP contribution in [0.1, 0.15) is 38.3 Å². The highest BCUT2D eigenvalue weighted by molar-refractivity contribution is 6.07. The maximum Gasteiger partial charge on any atom is 0.253 e. The number of fused-ring (bicyclic) bond motifs is 2. The van der Waals surface area contributed by atoms with Gasteiger partial charge in [-0.25, -0.2) is 0 Å². The van der Waals surface area contributed by atoms with Crippen molar-refractivity contribution in [3.63, 3.8) is 0 Å². The molecule has 4 aliphatic rings. The second-order valence-electron chi connectivity index (χ2n) is 13.0. The lowest BCUT2D eigenvalue weighted by Crippen LogP contribution is -2.58. The molecule has 1 spiro atoms. The summed E-state index contributed by atoms with van der Waals surface area (Å²) in [5, 5.41) is 10.6. The van der Waals surface area contributed by atoms with E-state index in [4.69, 9.17) is 9.47 Å². The third-order valence-electron chi connectivity index (χ3n) is 9.56. The van der Waals surface area contributed by atoms with E-state index >= 15 is 0 Å². The average molecular weight is 614 g/mol. The number of aryl methyl sites for hydroxylation is 2. The van der Waals surface area contributed by atoms with Crippen LogP contribution in [0.5, 0.6) is 5.75 Å². The molecular weight excluding hydrogens is 570 g/mol. The molecule has 0 aromatic heterocycles. The summed E-state index contributed by atoms with van der Waals surface area (Å²) < 4.78 is 12.4. The highest BCUT2D eigenvalue weighted by atomic mass is 16.5. The van der Waals surface area contributed by atoms with Crippen LogP contribution in [0.15, 0.2) is 66.8 Å². The van der Waals surface area contributed by atoms with Crippen molar-refractivity contribution in [3.05, 3.63) is 77.9 Å². The van der Waals surface area contributed by atoms with Gasteiger partial charge >= 0.3 is 0 Å². The van der Waals surface area contributed by atoms with Gasteiger partial charge < -0.3 is 29.3 Å². The Morgan fingerprint density at radius 2 is 1.71 bits per heavy atom. The summed E-state index contributed by atoms with van der Waals surface area (Å²) in [6, 6.07) is 11.7. The number of aliphatic hydroxyl groups excluding tert-OH is 1. The second-order valence-corrected chi connectivity index (χ2v) is 13.0. The van der Waals surface area contributed by atoms with E-state index < -0.39 is 35.6 Å². The summed E-state index contributed by atoms with van der Waals surface area (Å²) >= 11 is 0. The third-order valence-corrected chi connectivity index (χ3v) is 9.56. The zero-order valence-corrected chi connectivity index (χ0v) is 26.7. The number of nitrogens with zero attached hydrogens (tertiary/aromatic N) is 3. The molecule has 2 fully saturated rings. The number of likely N-dealkylation sites (tertiary alicyclic amines) is 1. The van der Waals surface area contributed by atoms with E-state index in [0.29, 0.717) is 37.6 Å². The first kappa shape index (κ1) is 31.0. The van der Waals surface area contributed by atoms with Gasteiger partial charge in [-0.15, -0.1) is 0 Å². The topological polar surface area (TPSA) is 99.6 Å². The Balaban J connectivity index is 1.45. The molecule has 6 rings (SSSR count). The Morgan fingerprint density at radius 1 is 0.978 bits per heavy atom. The molecule has 1 unspecified atom stereocenters. The maximum atomic E-state index is 14.8. The predicted octanol–water partition coefficient (Wildman–Crippen LogP) is 4.20. The summed E-state index contributed by atoms with van der Waals surface area (Å²) in [5.41, 5.74) is 2.04. The summed E-state index contributed by atoms with van der Waals surface area (Å²) in [5.74, 6) is -1.76. The molecule has 0 radical (unpaired) electrons. The number of aliphatic hydroxyl groups is 1. The van der Waals surface area contributed by atoms with Gasteiger partial charge in [-0.1, -0.05) is 50.3 Å². The standard InChI is InChI=1S/C36H43N3O6/c1-6-44-27-14-12-25(13-15-27)37-17-7-9-29-30(33(37)41)31-34(42)39(26(21-40)19-22(2)3)32-35(43)38(18-8-16-36(31,32)45-29)28-20-23(4)10-11-24(28)5/h7-16,20,22,26,29-32,40H,6,17-19,21H2,1-5H3/t26-,29-,30+,31+,32?,36+/m1/s1. The third kappa shape index (κ3) is 5.16. The molecule has 0 saturated carbocycles. The van der Waals surface area contributed by atoms with Crippen LogP contribution in [0.4, 0.5) is 11.4 Å². The van der Waals surface area contributed by atoms with Crippen molar-refractivity contribution in [2.45, 2.75) is 64.8 Å². The Kier molecular flexibility index (Phi) is 8.35. The number of benzene rings is 2. The number of anilines is 2. The molecule has 2 aromatic carbocycles. The van der Waals surface area contributed by atoms with E-state index in [1.165, 1.54) is 0 Å². The molecule has 4 aliphatic heterocycles. The Hall–Kier alpha value is -3.95. The molecule has 0 aliphatic carbocycles. The summed E-state index contributed by atoms with van der Waals surface area (Å²) in [6.45, 7) is 10.8. The molecule has 1 N–H and O–H groups in total. The molecule has 6 atom stereocenters. The van der Waals surface area contributed by atoms with Crippen molar-refractivity contribution in [2.24, 2.45) is 17.8 Å². The van der Waals surface area contributed by atoms with Gasteiger partial charge in [-0.05, 0) is 74.6 Å². The van der Waals surface area contributed by atoms with Crippen LogP contribution in [0.3, 0.4) is 0 Å². The summed E-state index contributed by atoms with van der Waals surface area (Å²) in [7, 11) is 0. The van der Waals surface area contributed by atoms with Crippen LogP contribution in [-0.2, 0) is 19.1 Å². The first-order valence-corrected chi connectivity index (χ1v) is 16.0. The minimum atomic E-state index is -1.37. The van der Waals surface area contributed by atoms with Crippen LogP contribution >= 0.6 is 0 Å². The number of rotatable bonds is 8. The molecule has 0 bridgehead atoms. The van der Waals surface area contributed by atoms with Gasteiger partial charge in [0.1, 0.15) is 17.4 Å². The van der Waals surface area contributed by atoms with Gasteiger partial charge in [-0.3, -0.25) is 14.4 Å². The lowest BCUT2D eigenvalue weighted by atomic mass is 9.77. The quantitative estimate of drug-likeness (QED) is 0.449. The molecule has 9 heteroatoms. The minimum absolute atomic E-state index is 0.157. The summed E-state index contributed by atoms with van der Waals surface area (Å²) in [6.07, 6.45) is 7.32. The van der Waals surface area contributed by atoms with Crippen molar-refractivity contribution >= 4 is 29.1 Å². The van der Waals surface area contributed by atoms with Gasteiger partial charge in [0, 0.05) is 24.5 Å². The first-order chi connectivity index (χ1) is 21.6.